The summed E-state index contributed by atoms with van der Waals surface area (Å²) in [5.41, 5.74) is 2.93. The summed E-state index contributed by atoms with van der Waals surface area (Å²) in [6.07, 6.45) is 1.66. The molecule has 1 aromatic heterocycles. The van der Waals surface area contributed by atoms with Crippen molar-refractivity contribution >= 4 is 16.8 Å². The van der Waals surface area contributed by atoms with Gasteiger partial charge in [0.1, 0.15) is 5.69 Å². The van der Waals surface area contributed by atoms with Crippen LogP contribution in [0.4, 0.5) is 0 Å². The first-order chi connectivity index (χ1) is 8.91. The number of amides is 1. The van der Waals surface area contributed by atoms with Crippen LogP contribution >= 0.6 is 0 Å². The van der Waals surface area contributed by atoms with E-state index in [1.165, 1.54) is 5.56 Å². The number of nitrogens with one attached hydrogen (secondary N) is 2. The molecule has 0 spiro atoms. The van der Waals surface area contributed by atoms with E-state index in [1.54, 1.807) is 6.08 Å². The molecule has 1 heterocycles. The summed E-state index contributed by atoms with van der Waals surface area (Å²) in [6, 6.07) is 8.15. The number of hydrogen-bond donors (Lipinski definition) is 2. The van der Waals surface area contributed by atoms with E-state index >= 15 is 0 Å². The lowest BCUT2D eigenvalue weighted by Gasteiger charge is -2.18. The third-order valence-electron chi connectivity index (χ3n) is 3.14. The van der Waals surface area contributed by atoms with Gasteiger partial charge in [-0.05, 0) is 23.1 Å². The molecule has 0 aliphatic heterocycles. The first-order valence-electron chi connectivity index (χ1n) is 6.44. The zero-order valence-electron chi connectivity index (χ0n) is 11.7. The van der Waals surface area contributed by atoms with Gasteiger partial charge in [0.05, 0.1) is 0 Å². The third-order valence-corrected chi connectivity index (χ3v) is 3.14. The highest BCUT2D eigenvalue weighted by Gasteiger charge is 2.15. The highest BCUT2D eigenvalue weighted by molar-refractivity contribution is 5.98. The Morgan fingerprint density at radius 1 is 1.37 bits per heavy atom. The number of rotatable bonds is 3. The molecule has 1 amide bonds. The number of benzene rings is 1. The number of carbonyl (C=O) groups is 1. The fourth-order valence-electron chi connectivity index (χ4n) is 1.98. The average Bonchev–Trinajstić information content (AvgIpc) is 2.77. The van der Waals surface area contributed by atoms with E-state index in [0.29, 0.717) is 12.2 Å². The quantitative estimate of drug-likeness (QED) is 0.812. The Hall–Kier alpha value is -2.03. The molecule has 0 unspecified atom stereocenters. The van der Waals surface area contributed by atoms with E-state index in [4.69, 9.17) is 0 Å². The maximum Gasteiger partial charge on any atom is 0.267 e. The Balaban J connectivity index is 2.35. The largest absolute Gasteiger partial charge is 0.351 e. The van der Waals surface area contributed by atoms with Crippen LogP contribution in [0.5, 0.6) is 0 Å². The van der Waals surface area contributed by atoms with Gasteiger partial charge in [-0.2, -0.15) is 0 Å². The Labute approximate surface area is 113 Å². The third kappa shape index (κ3) is 2.87. The highest BCUT2D eigenvalue weighted by Crippen LogP contribution is 2.26. The topological polar surface area (TPSA) is 44.9 Å². The first kappa shape index (κ1) is 13.4. The van der Waals surface area contributed by atoms with Crippen molar-refractivity contribution in [1.82, 2.24) is 10.3 Å². The molecule has 2 aromatic rings. The summed E-state index contributed by atoms with van der Waals surface area (Å²) in [7, 11) is 0. The number of aromatic nitrogens is 1. The van der Waals surface area contributed by atoms with Crippen molar-refractivity contribution in [3.8, 4) is 0 Å². The highest BCUT2D eigenvalue weighted by atomic mass is 16.1. The Morgan fingerprint density at radius 2 is 2.11 bits per heavy atom. The molecule has 0 bridgehead atoms. The lowest BCUT2D eigenvalue weighted by Crippen LogP contribution is -2.23. The van der Waals surface area contributed by atoms with Crippen molar-refractivity contribution in [3.05, 3.63) is 48.2 Å². The van der Waals surface area contributed by atoms with E-state index in [-0.39, 0.29) is 11.3 Å². The second kappa shape index (κ2) is 4.92. The summed E-state index contributed by atoms with van der Waals surface area (Å²) in [5, 5.41) is 3.82. The fourth-order valence-corrected chi connectivity index (χ4v) is 1.98. The number of H-pyrrole nitrogens is 1. The van der Waals surface area contributed by atoms with Crippen molar-refractivity contribution in [3.63, 3.8) is 0 Å². The van der Waals surface area contributed by atoms with Gasteiger partial charge in [-0.3, -0.25) is 4.79 Å². The van der Waals surface area contributed by atoms with Crippen LogP contribution in [0, 0.1) is 0 Å². The molecule has 0 radical (unpaired) electrons. The molecule has 0 aliphatic carbocycles. The van der Waals surface area contributed by atoms with Gasteiger partial charge in [-0.25, -0.2) is 0 Å². The van der Waals surface area contributed by atoms with E-state index in [2.05, 4.69) is 55.9 Å². The molecular formula is C16H20N2O. The summed E-state index contributed by atoms with van der Waals surface area (Å²) < 4.78 is 0. The van der Waals surface area contributed by atoms with Crippen LogP contribution in [0.15, 0.2) is 36.9 Å². The standard InChI is InChI=1S/C16H20N2O/c1-5-8-17-15(19)14-9-11-6-7-12(16(2,3)4)10-13(11)18-14/h5-7,9-10,18H,1,8H2,2-4H3,(H,17,19). The fraction of sp³-hybridized carbons (Fsp3) is 0.312. The molecule has 0 fully saturated rings. The minimum Gasteiger partial charge on any atom is -0.351 e. The SMILES string of the molecule is C=CCNC(=O)c1cc2ccc(C(C)(C)C)cc2[nH]1. The summed E-state index contributed by atoms with van der Waals surface area (Å²) in [5.74, 6) is -0.103. The lowest BCUT2D eigenvalue weighted by atomic mass is 9.87. The van der Waals surface area contributed by atoms with Gasteiger partial charge in [0.15, 0.2) is 0 Å². The van der Waals surface area contributed by atoms with Crippen molar-refractivity contribution < 1.29 is 4.79 Å². The van der Waals surface area contributed by atoms with Gasteiger partial charge < -0.3 is 10.3 Å². The van der Waals surface area contributed by atoms with Crippen LogP contribution < -0.4 is 5.32 Å². The average molecular weight is 256 g/mol. The van der Waals surface area contributed by atoms with E-state index in [0.717, 1.165) is 10.9 Å². The van der Waals surface area contributed by atoms with Gasteiger partial charge in [-0.15, -0.1) is 6.58 Å². The Bertz CT molecular complexity index is 617. The number of carbonyl (C=O) groups excluding carboxylic acids is 1. The van der Waals surface area contributed by atoms with E-state index in [1.807, 2.05) is 6.07 Å². The maximum absolute atomic E-state index is 11.9. The number of hydrogen-bond acceptors (Lipinski definition) is 1. The summed E-state index contributed by atoms with van der Waals surface area (Å²) in [4.78, 5) is 15.0. The molecule has 0 aliphatic rings. The number of aromatic amines is 1. The van der Waals surface area contributed by atoms with Crippen LogP contribution in [0.2, 0.25) is 0 Å². The van der Waals surface area contributed by atoms with Gasteiger partial charge in [0.2, 0.25) is 0 Å². The smallest absolute Gasteiger partial charge is 0.267 e. The van der Waals surface area contributed by atoms with Crippen molar-refractivity contribution in [2.24, 2.45) is 0 Å². The molecule has 2 rings (SSSR count). The van der Waals surface area contributed by atoms with Crippen LogP contribution in [-0.2, 0) is 5.41 Å². The normalized spacial score (nSPS) is 11.5. The number of fused-ring (bicyclic) bond motifs is 1. The molecule has 2 N–H and O–H groups in total. The van der Waals surface area contributed by atoms with Crippen molar-refractivity contribution in [1.29, 1.82) is 0 Å². The zero-order chi connectivity index (χ0) is 14.0. The molecule has 100 valence electrons. The minimum atomic E-state index is -0.103. The van der Waals surface area contributed by atoms with Crippen LogP contribution in [-0.4, -0.2) is 17.4 Å². The molecule has 3 heteroatoms. The minimum absolute atomic E-state index is 0.102. The second-order valence-electron chi connectivity index (χ2n) is 5.73. The monoisotopic (exact) mass is 256 g/mol. The molecule has 0 saturated heterocycles. The first-order valence-corrected chi connectivity index (χ1v) is 6.44. The van der Waals surface area contributed by atoms with Gasteiger partial charge >= 0.3 is 0 Å². The van der Waals surface area contributed by atoms with Crippen molar-refractivity contribution in [2.45, 2.75) is 26.2 Å². The van der Waals surface area contributed by atoms with Gasteiger partial charge in [-0.1, -0.05) is 39.0 Å². The van der Waals surface area contributed by atoms with Crippen LogP contribution in [0.25, 0.3) is 10.9 Å². The second-order valence-corrected chi connectivity index (χ2v) is 5.73. The summed E-state index contributed by atoms with van der Waals surface area (Å²) in [6.45, 7) is 10.6. The molecule has 19 heavy (non-hydrogen) atoms. The van der Waals surface area contributed by atoms with Gasteiger partial charge in [0.25, 0.3) is 5.91 Å². The van der Waals surface area contributed by atoms with Crippen LogP contribution in [0.1, 0.15) is 36.8 Å². The molecule has 0 atom stereocenters. The Morgan fingerprint density at radius 3 is 2.74 bits per heavy atom. The van der Waals surface area contributed by atoms with Crippen molar-refractivity contribution in [2.75, 3.05) is 6.54 Å². The zero-order valence-corrected chi connectivity index (χ0v) is 11.7. The summed E-state index contributed by atoms with van der Waals surface area (Å²) >= 11 is 0. The van der Waals surface area contributed by atoms with Gasteiger partial charge in [0, 0.05) is 17.4 Å². The molecule has 0 saturated carbocycles. The molecule has 3 nitrogen and oxygen atoms in total. The predicted molar refractivity (Wildman–Crippen MR) is 79.5 cm³/mol. The Kier molecular flexibility index (Phi) is 3.47. The molecule has 1 aromatic carbocycles. The maximum atomic E-state index is 11.9. The predicted octanol–water partition coefficient (Wildman–Crippen LogP) is 3.38. The van der Waals surface area contributed by atoms with E-state index in [9.17, 15) is 4.79 Å². The molecular weight excluding hydrogens is 236 g/mol. The van der Waals surface area contributed by atoms with Crippen LogP contribution in [0.3, 0.4) is 0 Å². The lowest BCUT2D eigenvalue weighted by molar-refractivity contribution is 0.0954. The van der Waals surface area contributed by atoms with E-state index < -0.39 is 0 Å².